The third kappa shape index (κ3) is 2.90. The van der Waals surface area contributed by atoms with Crippen LogP contribution in [0.3, 0.4) is 0 Å². The molecule has 0 aromatic carbocycles. The second kappa shape index (κ2) is 5.98. The molecule has 1 heterocycles. The third-order valence-electron chi connectivity index (χ3n) is 4.23. The smallest absolute Gasteiger partial charge is 0.0478 e. The van der Waals surface area contributed by atoms with E-state index in [1.807, 2.05) is 0 Å². The van der Waals surface area contributed by atoms with Crippen molar-refractivity contribution in [1.29, 1.82) is 0 Å². The number of nitrogens with two attached hydrogens (primary N) is 1. The van der Waals surface area contributed by atoms with E-state index in [9.17, 15) is 0 Å². The van der Waals surface area contributed by atoms with Crippen LogP contribution in [0.4, 0.5) is 0 Å². The molecule has 0 bridgehead atoms. The van der Waals surface area contributed by atoms with Crippen LogP contribution >= 0.6 is 11.3 Å². The van der Waals surface area contributed by atoms with E-state index in [0.29, 0.717) is 12.1 Å². The summed E-state index contributed by atoms with van der Waals surface area (Å²) in [7, 11) is 2.25. The molecule has 0 saturated heterocycles. The molecule has 3 unspecified atom stereocenters. The Labute approximate surface area is 109 Å². The molecule has 0 aliphatic heterocycles. The zero-order chi connectivity index (χ0) is 12.3. The monoisotopic (exact) mass is 252 g/mol. The lowest BCUT2D eigenvalue weighted by Crippen LogP contribution is -2.43. The van der Waals surface area contributed by atoms with Crippen molar-refractivity contribution in [3.8, 4) is 0 Å². The molecule has 2 N–H and O–H groups in total. The van der Waals surface area contributed by atoms with Crippen molar-refractivity contribution in [2.45, 2.75) is 44.7 Å². The molecular weight excluding hydrogens is 228 g/mol. The van der Waals surface area contributed by atoms with Gasteiger partial charge in [-0.2, -0.15) is 11.3 Å². The van der Waals surface area contributed by atoms with Gasteiger partial charge in [0.1, 0.15) is 0 Å². The van der Waals surface area contributed by atoms with Crippen LogP contribution in [0, 0.1) is 5.92 Å². The Morgan fingerprint density at radius 3 is 2.82 bits per heavy atom. The highest BCUT2D eigenvalue weighted by Gasteiger charge is 2.29. The van der Waals surface area contributed by atoms with Gasteiger partial charge in [0, 0.05) is 18.6 Å². The lowest BCUT2D eigenvalue weighted by molar-refractivity contribution is 0.0994. The first kappa shape index (κ1) is 13.1. The maximum atomic E-state index is 5.98. The first-order valence-corrected chi connectivity index (χ1v) is 7.62. The SMILES string of the molecule is CC1CCCCC1N(C)C(CN)c1ccsc1. The highest BCUT2D eigenvalue weighted by atomic mass is 32.1. The Morgan fingerprint density at radius 2 is 2.24 bits per heavy atom. The van der Waals surface area contributed by atoms with Crippen LogP contribution in [0.25, 0.3) is 0 Å². The minimum absolute atomic E-state index is 0.395. The lowest BCUT2D eigenvalue weighted by Gasteiger charge is -2.40. The summed E-state index contributed by atoms with van der Waals surface area (Å²) in [6.07, 6.45) is 5.48. The summed E-state index contributed by atoms with van der Waals surface area (Å²) in [4.78, 5) is 2.52. The summed E-state index contributed by atoms with van der Waals surface area (Å²) in [5.74, 6) is 0.807. The average Bonchev–Trinajstić information content (AvgIpc) is 2.84. The predicted molar refractivity (Wildman–Crippen MR) is 75.3 cm³/mol. The molecular formula is C14H24N2S. The largest absolute Gasteiger partial charge is 0.329 e. The van der Waals surface area contributed by atoms with Crippen molar-refractivity contribution in [1.82, 2.24) is 4.90 Å². The molecule has 3 atom stereocenters. The summed E-state index contributed by atoms with van der Waals surface area (Å²) in [6, 6.07) is 3.32. The number of likely N-dealkylation sites (N-methyl/N-ethyl adjacent to an activating group) is 1. The number of nitrogens with zero attached hydrogens (tertiary/aromatic N) is 1. The van der Waals surface area contributed by atoms with Crippen molar-refractivity contribution in [2.24, 2.45) is 11.7 Å². The molecule has 0 amide bonds. The van der Waals surface area contributed by atoms with Gasteiger partial charge in [-0.3, -0.25) is 4.90 Å². The fourth-order valence-corrected chi connectivity index (χ4v) is 3.84. The number of hydrogen-bond donors (Lipinski definition) is 1. The summed E-state index contributed by atoms with van der Waals surface area (Å²) in [5, 5.41) is 4.39. The molecule has 1 saturated carbocycles. The topological polar surface area (TPSA) is 29.3 Å². The quantitative estimate of drug-likeness (QED) is 0.891. The maximum absolute atomic E-state index is 5.98. The zero-order valence-electron chi connectivity index (χ0n) is 10.9. The van der Waals surface area contributed by atoms with Crippen LogP contribution in [0.15, 0.2) is 16.8 Å². The van der Waals surface area contributed by atoms with E-state index in [-0.39, 0.29) is 0 Å². The standard InChI is InChI=1S/C14H24N2S/c1-11-5-3-4-6-13(11)16(2)14(9-15)12-7-8-17-10-12/h7-8,10-11,13-14H,3-6,9,15H2,1-2H3. The van der Waals surface area contributed by atoms with Gasteiger partial charge < -0.3 is 5.73 Å². The van der Waals surface area contributed by atoms with Gasteiger partial charge in [-0.25, -0.2) is 0 Å². The summed E-state index contributed by atoms with van der Waals surface area (Å²) in [6.45, 7) is 3.11. The molecule has 2 rings (SSSR count). The van der Waals surface area contributed by atoms with Crippen molar-refractivity contribution in [3.05, 3.63) is 22.4 Å². The van der Waals surface area contributed by atoms with Gasteiger partial charge in [0.25, 0.3) is 0 Å². The van der Waals surface area contributed by atoms with Crippen LogP contribution in [0.5, 0.6) is 0 Å². The van der Waals surface area contributed by atoms with Crippen LogP contribution in [-0.4, -0.2) is 24.5 Å². The predicted octanol–water partition coefficient (Wildman–Crippen LogP) is 3.26. The van der Waals surface area contributed by atoms with Gasteiger partial charge in [-0.1, -0.05) is 19.8 Å². The Kier molecular flexibility index (Phi) is 4.60. The van der Waals surface area contributed by atoms with Gasteiger partial charge in [0.05, 0.1) is 0 Å². The lowest BCUT2D eigenvalue weighted by atomic mass is 9.84. The van der Waals surface area contributed by atoms with Crippen LogP contribution < -0.4 is 5.73 Å². The van der Waals surface area contributed by atoms with E-state index in [4.69, 9.17) is 5.73 Å². The molecule has 3 heteroatoms. The molecule has 0 radical (unpaired) electrons. The molecule has 1 fully saturated rings. The van der Waals surface area contributed by atoms with Crippen molar-refractivity contribution >= 4 is 11.3 Å². The molecule has 0 spiro atoms. The van der Waals surface area contributed by atoms with E-state index in [2.05, 4.69) is 35.7 Å². The van der Waals surface area contributed by atoms with Gasteiger partial charge >= 0.3 is 0 Å². The summed E-state index contributed by atoms with van der Waals surface area (Å²) < 4.78 is 0. The van der Waals surface area contributed by atoms with Gasteiger partial charge in [-0.05, 0) is 48.2 Å². The molecule has 1 aliphatic carbocycles. The van der Waals surface area contributed by atoms with Crippen LogP contribution in [-0.2, 0) is 0 Å². The van der Waals surface area contributed by atoms with E-state index in [0.717, 1.165) is 12.5 Å². The minimum atomic E-state index is 0.395. The van der Waals surface area contributed by atoms with E-state index < -0.39 is 0 Å². The van der Waals surface area contributed by atoms with Gasteiger partial charge in [0.15, 0.2) is 0 Å². The summed E-state index contributed by atoms with van der Waals surface area (Å²) in [5.41, 5.74) is 7.37. The number of hydrogen-bond acceptors (Lipinski definition) is 3. The molecule has 1 aliphatic rings. The van der Waals surface area contributed by atoms with Crippen molar-refractivity contribution in [2.75, 3.05) is 13.6 Å². The number of thiophene rings is 1. The Hall–Kier alpha value is -0.380. The van der Waals surface area contributed by atoms with Gasteiger partial charge in [-0.15, -0.1) is 0 Å². The maximum Gasteiger partial charge on any atom is 0.0478 e. The molecule has 1 aromatic rings. The fourth-order valence-electron chi connectivity index (χ4n) is 3.13. The van der Waals surface area contributed by atoms with Crippen LogP contribution in [0.2, 0.25) is 0 Å². The first-order chi connectivity index (χ1) is 8.24. The highest BCUT2D eigenvalue weighted by Crippen LogP contribution is 2.32. The third-order valence-corrected chi connectivity index (χ3v) is 4.93. The second-order valence-electron chi connectivity index (χ2n) is 5.30. The van der Waals surface area contributed by atoms with E-state index >= 15 is 0 Å². The Balaban J connectivity index is 2.08. The molecule has 2 nitrogen and oxygen atoms in total. The first-order valence-electron chi connectivity index (χ1n) is 6.68. The van der Waals surface area contributed by atoms with E-state index in [1.54, 1.807) is 11.3 Å². The van der Waals surface area contributed by atoms with E-state index in [1.165, 1.54) is 31.2 Å². The average molecular weight is 252 g/mol. The number of rotatable bonds is 4. The normalized spacial score (nSPS) is 27.3. The van der Waals surface area contributed by atoms with Crippen LogP contribution in [0.1, 0.15) is 44.2 Å². The Morgan fingerprint density at radius 1 is 1.47 bits per heavy atom. The highest BCUT2D eigenvalue weighted by molar-refractivity contribution is 7.07. The minimum Gasteiger partial charge on any atom is -0.329 e. The molecule has 17 heavy (non-hydrogen) atoms. The zero-order valence-corrected chi connectivity index (χ0v) is 11.7. The molecule has 1 aromatic heterocycles. The van der Waals surface area contributed by atoms with Gasteiger partial charge in [0.2, 0.25) is 0 Å². The fraction of sp³-hybridized carbons (Fsp3) is 0.714. The summed E-state index contributed by atoms with van der Waals surface area (Å²) >= 11 is 1.77. The van der Waals surface area contributed by atoms with Crippen molar-refractivity contribution in [3.63, 3.8) is 0 Å². The Bertz CT molecular complexity index is 323. The molecule has 96 valence electrons. The second-order valence-corrected chi connectivity index (χ2v) is 6.08. The van der Waals surface area contributed by atoms with Crippen molar-refractivity contribution < 1.29 is 0 Å².